The molecule has 0 spiro atoms. The third kappa shape index (κ3) is 4.54. The molecular formula is C22H21N5O3. The first-order valence-electron chi connectivity index (χ1n) is 9.64. The molecule has 0 radical (unpaired) electrons. The van der Waals surface area contributed by atoms with Gasteiger partial charge >= 0.3 is 0 Å². The fourth-order valence-corrected chi connectivity index (χ4v) is 2.96. The lowest BCUT2D eigenvalue weighted by Crippen LogP contribution is -2.29. The van der Waals surface area contributed by atoms with Crippen LogP contribution in [0.25, 0.3) is 23.4 Å². The zero-order valence-electron chi connectivity index (χ0n) is 16.5. The van der Waals surface area contributed by atoms with E-state index in [0.29, 0.717) is 24.1 Å². The van der Waals surface area contributed by atoms with E-state index in [1.807, 2.05) is 42.0 Å². The molecular weight excluding hydrogens is 382 g/mol. The second-order valence-electron chi connectivity index (χ2n) is 6.63. The van der Waals surface area contributed by atoms with Gasteiger partial charge in [0.1, 0.15) is 0 Å². The predicted molar refractivity (Wildman–Crippen MR) is 110 cm³/mol. The Labute approximate surface area is 173 Å². The number of hydrogen-bond donors (Lipinski definition) is 0. The first-order valence-corrected chi connectivity index (χ1v) is 9.64. The molecule has 3 aromatic heterocycles. The average molecular weight is 403 g/mol. The van der Waals surface area contributed by atoms with Gasteiger partial charge in [-0.2, -0.15) is 0 Å². The van der Waals surface area contributed by atoms with Crippen molar-refractivity contribution in [1.29, 1.82) is 0 Å². The first-order chi connectivity index (χ1) is 14.7. The quantitative estimate of drug-likeness (QED) is 0.414. The van der Waals surface area contributed by atoms with Crippen molar-refractivity contribution in [1.82, 2.24) is 24.6 Å². The summed E-state index contributed by atoms with van der Waals surface area (Å²) >= 11 is 0. The first kappa shape index (κ1) is 19.4. The SMILES string of the molecule is CCCN(Cc1nnc(-c2ccco2)o1)C(=O)C=Cc1ccc(-n2ccnc2)cc1. The Balaban J connectivity index is 1.41. The maximum Gasteiger partial charge on any atom is 0.283 e. The Bertz CT molecular complexity index is 1100. The summed E-state index contributed by atoms with van der Waals surface area (Å²) in [6, 6.07) is 11.4. The van der Waals surface area contributed by atoms with Gasteiger partial charge in [0, 0.05) is 30.7 Å². The highest BCUT2D eigenvalue weighted by atomic mass is 16.4. The Morgan fingerprint density at radius 2 is 2.07 bits per heavy atom. The molecule has 0 saturated carbocycles. The lowest BCUT2D eigenvalue weighted by molar-refractivity contribution is -0.126. The molecule has 0 bridgehead atoms. The van der Waals surface area contributed by atoms with Gasteiger partial charge in [0.05, 0.1) is 19.1 Å². The molecule has 4 aromatic rings. The van der Waals surface area contributed by atoms with Gasteiger partial charge in [0.15, 0.2) is 5.76 Å². The number of carbonyl (C=O) groups excluding carboxylic acids is 1. The maximum absolute atomic E-state index is 12.7. The number of amides is 1. The molecule has 0 unspecified atom stereocenters. The summed E-state index contributed by atoms with van der Waals surface area (Å²) in [5.41, 5.74) is 1.94. The lowest BCUT2D eigenvalue weighted by Gasteiger charge is -2.18. The molecule has 0 atom stereocenters. The fraction of sp³-hybridized carbons (Fsp3) is 0.182. The second-order valence-corrected chi connectivity index (χ2v) is 6.63. The molecule has 0 saturated heterocycles. The minimum Gasteiger partial charge on any atom is -0.459 e. The molecule has 0 N–H and O–H groups in total. The summed E-state index contributed by atoms with van der Waals surface area (Å²) in [6.07, 6.45) is 11.1. The number of nitrogens with zero attached hydrogens (tertiary/aromatic N) is 5. The van der Waals surface area contributed by atoms with Crippen LogP contribution in [-0.4, -0.2) is 37.1 Å². The van der Waals surface area contributed by atoms with Gasteiger partial charge in [-0.05, 0) is 42.3 Å². The van der Waals surface area contributed by atoms with Crippen molar-refractivity contribution in [3.05, 3.63) is 78.9 Å². The zero-order valence-corrected chi connectivity index (χ0v) is 16.5. The summed E-state index contributed by atoms with van der Waals surface area (Å²) in [7, 11) is 0. The fourth-order valence-electron chi connectivity index (χ4n) is 2.96. The summed E-state index contributed by atoms with van der Waals surface area (Å²) in [4.78, 5) is 18.4. The van der Waals surface area contributed by atoms with Crippen LogP contribution in [0, 0.1) is 0 Å². The Morgan fingerprint density at radius 3 is 2.77 bits per heavy atom. The number of rotatable bonds is 8. The number of aromatic nitrogens is 4. The van der Waals surface area contributed by atoms with Crippen molar-refractivity contribution in [2.45, 2.75) is 19.9 Å². The van der Waals surface area contributed by atoms with E-state index in [-0.39, 0.29) is 12.5 Å². The maximum atomic E-state index is 12.7. The molecule has 4 rings (SSSR count). The molecule has 0 aliphatic rings. The molecule has 8 nitrogen and oxygen atoms in total. The van der Waals surface area contributed by atoms with Crippen LogP contribution >= 0.6 is 0 Å². The Kier molecular flexibility index (Phi) is 5.84. The number of imidazole rings is 1. The summed E-state index contributed by atoms with van der Waals surface area (Å²) < 4.78 is 12.8. The van der Waals surface area contributed by atoms with Crippen molar-refractivity contribution >= 4 is 12.0 Å². The largest absolute Gasteiger partial charge is 0.459 e. The van der Waals surface area contributed by atoms with E-state index >= 15 is 0 Å². The lowest BCUT2D eigenvalue weighted by atomic mass is 10.2. The Hall–Kier alpha value is -3.94. The van der Waals surface area contributed by atoms with Gasteiger partial charge in [-0.1, -0.05) is 19.1 Å². The monoisotopic (exact) mass is 403 g/mol. The molecule has 0 fully saturated rings. The highest BCUT2D eigenvalue weighted by molar-refractivity contribution is 5.91. The van der Waals surface area contributed by atoms with Crippen LogP contribution in [-0.2, 0) is 11.3 Å². The topological polar surface area (TPSA) is 90.2 Å². The third-order valence-electron chi connectivity index (χ3n) is 4.44. The van der Waals surface area contributed by atoms with Crippen molar-refractivity contribution in [2.24, 2.45) is 0 Å². The van der Waals surface area contributed by atoms with E-state index < -0.39 is 0 Å². The van der Waals surface area contributed by atoms with E-state index in [4.69, 9.17) is 8.83 Å². The van der Waals surface area contributed by atoms with Crippen LogP contribution in [0.4, 0.5) is 0 Å². The summed E-state index contributed by atoms with van der Waals surface area (Å²) in [5, 5.41) is 8.01. The molecule has 8 heteroatoms. The molecule has 1 amide bonds. The standard InChI is InChI=1S/C22H21N5O3/c1-2-12-26(15-20-24-25-22(30-20)19-4-3-14-29-19)21(28)10-7-17-5-8-18(9-6-17)27-13-11-23-16-27/h3-11,13-14,16H,2,12,15H2,1H3. The van der Waals surface area contributed by atoms with E-state index in [2.05, 4.69) is 15.2 Å². The van der Waals surface area contributed by atoms with E-state index in [9.17, 15) is 4.79 Å². The Morgan fingerprint density at radius 1 is 1.20 bits per heavy atom. The van der Waals surface area contributed by atoms with Crippen molar-refractivity contribution < 1.29 is 13.6 Å². The molecule has 3 heterocycles. The molecule has 0 aliphatic carbocycles. The van der Waals surface area contributed by atoms with Gasteiger partial charge in [0.2, 0.25) is 11.8 Å². The smallest absolute Gasteiger partial charge is 0.283 e. The molecule has 1 aromatic carbocycles. The summed E-state index contributed by atoms with van der Waals surface area (Å²) in [6.45, 7) is 2.84. The van der Waals surface area contributed by atoms with Crippen LogP contribution in [0.2, 0.25) is 0 Å². The van der Waals surface area contributed by atoms with Crippen molar-refractivity contribution in [3.8, 4) is 17.3 Å². The third-order valence-corrected chi connectivity index (χ3v) is 4.44. The van der Waals surface area contributed by atoms with E-state index in [0.717, 1.165) is 17.7 Å². The molecule has 152 valence electrons. The normalized spacial score (nSPS) is 11.2. The van der Waals surface area contributed by atoms with Crippen LogP contribution in [0.5, 0.6) is 0 Å². The van der Waals surface area contributed by atoms with Crippen LogP contribution in [0.3, 0.4) is 0 Å². The number of hydrogen-bond acceptors (Lipinski definition) is 6. The highest BCUT2D eigenvalue weighted by Crippen LogP contribution is 2.19. The van der Waals surface area contributed by atoms with E-state index in [1.165, 1.54) is 0 Å². The molecule has 0 aliphatic heterocycles. The van der Waals surface area contributed by atoms with E-state index in [1.54, 1.807) is 48.0 Å². The van der Waals surface area contributed by atoms with Crippen molar-refractivity contribution in [3.63, 3.8) is 0 Å². The number of benzene rings is 1. The van der Waals surface area contributed by atoms with Gasteiger partial charge in [-0.25, -0.2) is 4.98 Å². The van der Waals surface area contributed by atoms with Crippen LogP contribution < -0.4 is 0 Å². The molecule has 30 heavy (non-hydrogen) atoms. The zero-order chi connectivity index (χ0) is 20.8. The summed E-state index contributed by atoms with van der Waals surface area (Å²) in [5.74, 6) is 1.04. The minimum atomic E-state index is -0.117. The van der Waals surface area contributed by atoms with Gasteiger partial charge < -0.3 is 18.3 Å². The number of carbonyl (C=O) groups is 1. The highest BCUT2D eigenvalue weighted by Gasteiger charge is 2.16. The predicted octanol–water partition coefficient (Wildman–Crippen LogP) is 3.97. The van der Waals surface area contributed by atoms with Gasteiger partial charge in [-0.15, -0.1) is 10.2 Å². The minimum absolute atomic E-state index is 0.117. The van der Waals surface area contributed by atoms with Crippen molar-refractivity contribution in [2.75, 3.05) is 6.54 Å². The van der Waals surface area contributed by atoms with Gasteiger partial charge in [-0.3, -0.25) is 4.79 Å². The van der Waals surface area contributed by atoms with Crippen LogP contribution in [0.15, 0.2) is 76.3 Å². The second kappa shape index (κ2) is 9.04. The van der Waals surface area contributed by atoms with Crippen LogP contribution in [0.1, 0.15) is 24.8 Å². The average Bonchev–Trinajstić information content (AvgIpc) is 3.54. The van der Waals surface area contributed by atoms with Gasteiger partial charge in [0.25, 0.3) is 5.89 Å². The number of furan rings is 1.